The topological polar surface area (TPSA) is 61.8 Å². The summed E-state index contributed by atoms with van der Waals surface area (Å²) in [6.07, 6.45) is 0. The molecule has 0 aliphatic heterocycles. The molecule has 6 heteroatoms. The zero-order chi connectivity index (χ0) is 16.4. The maximum Gasteiger partial charge on any atom is 0.308 e. The van der Waals surface area contributed by atoms with Gasteiger partial charge in [-0.2, -0.15) is 0 Å². The smallest absolute Gasteiger partial charge is 0.308 e. The Balaban J connectivity index is 2.96. The Morgan fingerprint density at radius 2 is 1.68 bits per heavy atom. The molecular formula is C16H15ClO5. The first-order valence-corrected chi connectivity index (χ1v) is 6.84. The highest BCUT2D eigenvalue weighted by Gasteiger charge is 2.20. The van der Waals surface area contributed by atoms with Crippen molar-refractivity contribution in [1.29, 1.82) is 0 Å². The third-order valence-electron chi connectivity index (χ3n) is 3.15. The summed E-state index contributed by atoms with van der Waals surface area (Å²) >= 11 is 6.19. The van der Waals surface area contributed by atoms with Gasteiger partial charge in [-0.25, -0.2) is 0 Å². The zero-order valence-electron chi connectivity index (χ0n) is 12.7. The van der Waals surface area contributed by atoms with Crippen LogP contribution in [0.25, 0.3) is 10.8 Å². The summed E-state index contributed by atoms with van der Waals surface area (Å²) in [7, 11) is 2.95. The van der Waals surface area contributed by atoms with Crippen LogP contribution < -0.4 is 14.2 Å². The van der Waals surface area contributed by atoms with E-state index in [4.69, 9.17) is 25.8 Å². The number of ketones is 1. The maximum atomic E-state index is 11.7. The van der Waals surface area contributed by atoms with E-state index in [1.165, 1.54) is 34.1 Å². The molecule has 0 bridgehead atoms. The molecule has 5 nitrogen and oxygen atoms in total. The van der Waals surface area contributed by atoms with Crippen molar-refractivity contribution >= 4 is 34.1 Å². The van der Waals surface area contributed by atoms with Gasteiger partial charge in [0.2, 0.25) is 0 Å². The molecule has 0 unspecified atom stereocenters. The molecule has 2 aromatic carbocycles. The van der Waals surface area contributed by atoms with Crippen LogP contribution in [-0.4, -0.2) is 26.0 Å². The number of carbonyl (C=O) groups excluding carboxylic acids is 2. The third kappa shape index (κ3) is 2.85. The minimum atomic E-state index is -0.511. The Bertz CT molecular complexity index is 767. The molecule has 0 fully saturated rings. The van der Waals surface area contributed by atoms with Crippen LogP contribution in [0, 0.1) is 0 Å². The predicted octanol–water partition coefficient (Wildman–Crippen LogP) is 3.64. The number of carbonyl (C=O) groups is 2. The second kappa shape index (κ2) is 6.23. The molecule has 22 heavy (non-hydrogen) atoms. The van der Waals surface area contributed by atoms with Crippen LogP contribution in [0.2, 0.25) is 5.02 Å². The molecule has 0 N–H and O–H groups in total. The number of benzene rings is 2. The van der Waals surface area contributed by atoms with Crippen LogP contribution in [0.15, 0.2) is 18.2 Å². The second-order valence-electron chi connectivity index (χ2n) is 4.64. The molecule has 2 aromatic rings. The van der Waals surface area contributed by atoms with Crippen LogP contribution in [0.3, 0.4) is 0 Å². The third-order valence-corrected chi connectivity index (χ3v) is 3.43. The van der Waals surface area contributed by atoms with Gasteiger partial charge in [0.1, 0.15) is 17.2 Å². The summed E-state index contributed by atoms with van der Waals surface area (Å²) in [6.45, 7) is 2.71. The molecule has 0 atom stereocenters. The number of halogens is 1. The Morgan fingerprint density at radius 3 is 2.18 bits per heavy atom. The minimum absolute atomic E-state index is 0.161. The Hall–Kier alpha value is -2.27. The van der Waals surface area contributed by atoms with Gasteiger partial charge in [0.05, 0.1) is 24.6 Å². The van der Waals surface area contributed by atoms with Gasteiger partial charge in [-0.05, 0) is 19.1 Å². The van der Waals surface area contributed by atoms with Crippen molar-refractivity contribution < 1.29 is 23.8 Å². The average molecular weight is 323 g/mol. The van der Waals surface area contributed by atoms with E-state index in [0.29, 0.717) is 32.9 Å². The fraction of sp³-hybridized carbons (Fsp3) is 0.250. The van der Waals surface area contributed by atoms with Crippen molar-refractivity contribution in [2.45, 2.75) is 13.8 Å². The van der Waals surface area contributed by atoms with Crippen molar-refractivity contribution in [1.82, 2.24) is 0 Å². The molecule has 0 radical (unpaired) electrons. The van der Waals surface area contributed by atoms with Crippen molar-refractivity contribution in [3.8, 4) is 17.2 Å². The SMILES string of the molecule is COc1cc(Cl)c(OC)c2c(OC(C)=O)cc(C(C)=O)cc12. The zero-order valence-corrected chi connectivity index (χ0v) is 13.4. The lowest BCUT2D eigenvalue weighted by Crippen LogP contribution is -2.05. The van der Waals surface area contributed by atoms with Crippen LogP contribution >= 0.6 is 11.6 Å². The number of hydrogen-bond donors (Lipinski definition) is 0. The first-order valence-electron chi connectivity index (χ1n) is 6.46. The number of Topliss-reactive ketones (excluding diaryl/α,β-unsaturated/α-hetero) is 1. The summed E-state index contributed by atoms with van der Waals surface area (Å²) in [5.74, 6) is 0.336. The van der Waals surface area contributed by atoms with Gasteiger partial charge in [0.15, 0.2) is 5.78 Å². The largest absolute Gasteiger partial charge is 0.496 e. The van der Waals surface area contributed by atoms with E-state index in [0.717, 1.165) is 0 Å². The van der Waals surface area contributed by atoms with Gasteiger partial charge in [0, 0.05) is 23.9 Å². The Kier molecular flexibility index (Phi) is 4.56. The summed E-state index contributed by atoms with van der Waals surface area (Å²) in [4.78, 5) is 23.1. The summed E-state index contributed by atoms with van der Waals surface area (Å²) in [5, 5.41) is 1.37. The van der Waals surface area contributed by atoms with Gasteiger partial charge in [-0.1, -0.05) is 11.6 Å². The van der Waals surface area contributed by atoms with Crippen molar-refractivity contribution in [3.63, 3.8) is 0 Å². The van der Waals surface area contributed by atoms with Gasteiger partial charge in [0.25, 0.3) is 0 Å². The van der Waals surface area contributed by atoms with Crippen molar-refractivity contribution in [2.75, 3.05) is 14.2 Å². The highest BCUT2D eigenvalue weighted by atomic mass is 35.5. The lowest BCUT2D eigenvalue weighted by Gasteiger charge is -2.15. The fourth-order valence-electron chi connectivity index (χ4n) is 2.23. The van der Waals surface area contributed by atoms with Crippen molar-refractivity contribution in [3.05, 3.63) is 28.8 Å². The Morgan fingerprint density at radius 1 is 1.00 bits per heavy atom. The summed E-state index contributed by atoms with van der Waals surface area (Å²) in [6, 6.07) is 4.73. The van der Waals surface area contributed by atoms with E-state index in [-0.39, 0.29) is 11.5 Å². The van der Waals surface area contributed by atoms with Gasteiger partial charge >= 0.3 is 5.97 Å². The molecule has 0 amide bonds. The number of methoxy groups -OCH3 is 2. The highest BCUT2D eigenvalue weighted by Crippen LogP contribution is 2.44. The van der Waals surface area contributed by atoms with E-state index in [9.17, 15) is 9.59 Å². The van der Waals surface area contributed by atoms with E-state index >= 15 is 0 Å². The molecule has 116 valence electrons. The monoisotopic (exact) mass is 322 g/mol. The van der Waals surface area contributed by atoms with Crippen LogP contribution in [-0.2, 0) is 4.79 Å². The van der Waals surface area contributed by atoms with Crippen molar-refractivity contribution in [2.24, 2.45) is 0 Å². The van der Waals surface area contributed by atoms with Gasteiger partial charge < -0.3 is 14.2 Å². The molecule has 2 rings (SSSR count). The Labute approximate surface area is 132 Å². The number of ether oxygens (including phenoxy) is 3. The number of fused-ring (bicyclic) bond motifs is 1. The van der Waals surface area contributed by atoms with E-state index in [1.54, 1.807) is 12.1 Å². The lowest BCUT2D eigenvalue weighted by atomic mass is 10.0. The van der Waals surface area contributed by atoms with Crippen LogP contribution in [0.1, 0.15) is 24.2 Å². The number of rotatable bonds is 4. The fourth-order valence-corrected chi connectivity index (χ4v) is 2.50. The molecule has 0 heterocycles. The average Bonchev–Trinajstić information content (AvgIpc) is 2.45. The molecule has 0 aromatic heterocycles. The van der Waals surface area contributed by atoms with Gasteiger partial charge in [-0.15, -0.1) is 0 Å². The molecule has 0 saturated carbocycles. The molecule has 0 aliphatic carbocycles. The standard InChI is InChI=1S/C16H15ClO5/c1-8(18)10-5-11-13(20-3)7-12(17)16(21-4)15(11)14(6-10)22-9(2)19/h5-7H,1-4H3. The first-order chi connectivity index (χ1) is 10.4. The van der Waals surface area contributed by atoms with Crippen LogP contribution in [0.5, 0.6) is 17.2 Å². The number of hydrogen-bond acceptors (Lipinski definition) is 5. The summed E-state index contributed by atoms with van der Waals surface area (Å²) < 4.78 is 15.9. The second-order valence-corrected chi connectivity index (χ2v) is 5.05. The predicted molar refractivity (Wildman–Crippen MR) is 83.4 cm³/mol. The van der Waals surface area contributed by atoms with E-state index in [1.807, 2.05) is 0 Å². The quantitative estimate of drug-likeness (QED) is 0.488. The maximum absolute atomic E-state index is 11.7. The first kappa shape index (κ1) is 16.1. The minimum Gasteiger partial charge on any atom is -0.496 e. The number of esters is 1. The van der Waals surface area contributed by atoms with E-state index < -0.39 is 5.97 Å². The molecule has 0 spiro atoms. The summed E-state index contributed by atoms with van der Waals surface area (Å²) in [5.41, 5.74) is 0.395. The molecule has 0 saturated heterocycles. The van der Waals surface area contributed by atoms with Gasteiger partial charge in [-0.3, -0.25) is 9.59 Å². The van der Waals surface area contributed by atoms with Crippen LogP contribution in [0.4, 0.5) is 0 Å². The highest BCUT2D eigenvalue weighted by molar-refractivity contribution is 6.34. The normalized spacial score (nSPS) is 10.4. The molecule has 0 aliphatic rings. The molecular weight excluding hydrogens is 308 g/mol. The lowest BCUT2D eigenvalue weighted by molar-refractivity contribution is -0.131. The van der Waals surface area contributed by atoms with E-state index in [2.05, 4.69) is 0 Å².